The second-order valence-corrected chi connectivity index (χ2v) is 5.30. The molecule has 0 bridgehead atoms. The number of amides is 1. The number of hydrogen-bond acceptors (Lipinski definition) is 5. The molecular formula is C15H18N4O4. The van der Waals surface area contributed by atoms with E-state index in [9.17, 15) is 14.7 Å². The zero-order valence-electron chi connectivity index (χ0n) is 13.1. The number of nitrogens with one attached hydrogen (secondary N) is 1. The van der Waals surface area contributed by atoms with E-state index >= 15 is 0 Å². The van der Waals surface area contributed by atoms with Crippen molar-refractivity contribution in [2.24, 2.45) is 0 Å². The van der Waals surface area contributed by atoms with Crippen LogP contribution in [0, 0.1) is 6.92 Å². The fraction of sp³-hybridized carbons (Fsp3) is 0.333. The third-order valence-corrected chi connectivity index (χ3v) is 3.40. The number of methoxy groups -OCH3 is 1. The summed E-state index contributed by atoms with van der Waals surface area (Å²) in [5.74, 6) is -1.81. The largest absolute Gasteiger partial charge is 0.479 e. The molecular weight excluding hydrogens is 300 g/mol. The predicted octanol–water partition coefficient (Wildman–Crippen LogP) is 0.795. The Morgan fingerprint density at radius 2 is 2.00 bits per heavy atom. The standard InChI is InChI=1S/C15H18N4O4/c1-10-12(13(20)16-15(2,9-23-3)14(21)22)17-18-19(10)11-7-5-4-6-8-11/h4-8H,9H2,1-3H3,(H,16,20)(H,21,22). The Bertz CT molecular complexity index is 714. The molecule has 1 unspecified atom stereocenters. The fourth-order valence-corrected chi connectivity index (χ4v) is 2.10. The first-order valence-corrected chi connectivity index (χ1v) is 6.91. The van der Waals surface area contributed by atoms with E-state index in [1.54, 1.807) is 6.92 Å². The molecule has 1 amide bonds. The van der Waals surface area contributed by atoms with Crippen LogP contribution in [0.4, 0.5) is 0 Å². The van der Waals surface area contributed by atoms with Gasteiger partial charge in [-0.05, 0) is 26.0 Å². The molecule has 0 saturated heterocycles. The van der Waals surface area contributed by atoms with Gasteiger partial charge in [0.15, 0.2) is 11.2 Å². The molecule has 2 aromatic rings. The summed E-state index contributed by atoms with van der Waals surface area (Å²) < 4.78 is 6.39. The van der Waals surface area contributed by atoms with Crippen LogP contribution in [0.2, 0.25) is 0 Å². The molecule has 23 heavy (non-hydrogen) atoms. The molecule has 0 aliphatic heterocycles. The number of ether oxygens (including phenoxy) is 1. The second-order valence-electron chi connectivity index (χ2n) is 5.30. The third-order valence-electron chi connectivity index (χ3n) is 3.40. The summed E-state index contributed by atoms with van der Waals surface area (Å²) in [6.07, 6.45) is 0. The summed E-state index contributed by atoms with van der Waals surface area (Å²) in [6, 6.07) is 9.21. The van der Waals surface area contributed by atoms with Gasteiger partial charge in [0.25, 0.3) is 5.91 Å². The molecule has 0 radical (unpaired) electrons. The van der Waals surface area contributed by atoms with E-state index in [0.29, 0.717) is 5.69 Å². The highest BCUT2D eigenvalue weighted by Crippen LogP contribution is 2.13. The Morgan fingerprint density at radius 3 is 2.57 bits per heavy atom. The normalized spacial score (nSPS) is 13.3. The molecule has 122 valence electrons. The van der Waals surface area contributed by atoms with Crippen molar-refractivity contribution in [2.75, 3.05) is 13.7 Å². The van der Waals surface area contributed by atoms with Gasteiger partial charge in [0.2, 0.25) is 0 Å². The molecule has 0 spiro atoms. The van der Waals surface area contributed by atoms with Gasteiger partial charge in [-0.3, -0.25) is 4.79 Å². The minimum atomic E-state index is -1.55. The lowest BCUT2D eigenvalue weighted by Gasteiger charge is -2.24. The van der Waals surface area contributed by atoms with Gasteiger partial charge in [0, 0.05) is 7.11 Å². The summed E-state index contributed by atoms with van der Waals surface area (Å²) in [5.41, 5.74) is -0.208. The average Bonchev–Trinajstić information content (AvgIpc) is 2.90. The number of aromatic nitrogens is 3. The lowest BCUT2D eigenvalue weighted by Crippen LogP contribution is -2.55. The fourth-order valence-electron chi connectivity index (χ4n) is 2.10. The molecule has 1 atom stereocenters. The van der Waals surface area contributed by atoms with Crippen LogP contribution in [0.3, 0.4) is 0 Å². The Balaban J connectivity index is 2.28. The number of carbonyl (C=O) groups excluding carboxylic acids is 1. The number of carbonyl (C=O) groups is 2. The van der Waals surface area contributed by atoms with Crippen molar-refractivity contribution < 1.29 is 19.4 Å². The van der Waals surface area contributed by atoms with Gasteiger partial charge in [-0.1, -0.05) is 23.4 Å². The van der Waals surface area contributed by atoms with Gasteiger partial charge in [-0.2, -0.15) is 0 Å². The molecule has 1 aromatic carbocycles. The molecule has 0 saturated carbocycles. The van der Waals surface area contributed by atoms with Gasteiger partial charge in [0.1, 0.15) is 0 Å². The number of aliphatic carboxylic acids is 1. The Kier molecular flexibility index (Phi) is 4.75. The van der Waals surface area contributed by atoms with Gasteiger partial charge in [-0.25, -0.2) is 9.48 Å². The van der Waals surface area contributed by atoms with Crippen molar-refractivity contribution >= 4 is 11.9 Å². The highest BCUT2D eigenvalue weighted by molar-refractivity contribution is 5.97. The van der Waals surface area contributed by atoms with Gasteiger partial charge < -0.3 is 15.2 Å². The zero-order valence-corrected chi connectivity index (χ0v) is 13.1. The van der Waals surface area contributed by atoms with Crippen LogP contribution >= 0.6 is 0 Å². The first-order chi connectivity index (χ1) is 10.9. The molecule has 1 aromatic heterocycles. The van der Waals surface area contributed by atoms with Gasteiger partial charge in [-0.15, -0.1) is 5.10 Å². The summed E-state index contributed by atoms with van der Waals surface area (Å²) in [4.78, 5) is 23.7. The smallest absolute Gasteiger partial charge is 0.331 e. The SMILES string of the molecule is COCC(C)(NC(=O)c1nnn(-c2ccccc2)c1C)C(=O)O. The number of hydrogen-bond donors (Lipinski definition) is 2. The number of nitrogens with zero attached hydrogens (tertiary/aromatic N) is 3. The molecule has 8 nitrogen and oxygen atoms in total. The molecule has 0 fully saturated rings. The molecule has 2 N–H and O–H groups in total. The maximum Gasteiger partial charge on any atom is 0.331 e. The van der Waals surface area contributed by atoms with Crippen LogP contribution in [-0.2, 0) is 9.53 Å². The van der Waals surface area contributed by atoms with Crippen molar-refractivity contribution in [3.63, 3.8) is 0 Å². The van der Waals surface area contributed by atoms with Crippen molar-refractivity contribution in [1.82, 2.24) is 20.3 Å². The molecule has 2 rings (SSSR count). The number of carboxylic acid groups (broad SMARTS) is 1. The van der Waals surface area contributed by atoms with E-state index in [4.69, 9.17) is 4.74 Å². The van der Waals surface area contributed by atoms with Crippen molar-refractivity contribution in [1.29, 1.82) is 0 Å². The Hall–Kier alpha value is -2.74. The number of rotatable bonds is 6. The second kappa shape index (κ2) is 6.57. The lowest BCUT2D eigenvalue weighted by molar-refractivity contribution is -0.145. The summed E-state index contributed by atoms with van der Waals surface area (Å²) in [5, 5.41) is 19.5. The molecule has 1 heterocycles. The summed E-state index contributed by atoms with van der Waals surface area (Å²) >= 11 is 0. The van der Waals surface area contributed by atoms with E-state index in [2.05, 4.69) is 15.6 Å². The number of benzene rings is 1. The lowest BCUT2D eigenvalue weighted by atomic mass is 10.0. The average molecular weight is 318 g/mol. The third kappa shape index (κ3) is 3.37. The van der Waals surface area contributed by atoms with E-state index < -0.39 is 17.4 Å². The van der Waals surface area contributed by atoms with E-state index in [-0.39, 0.29) is 12.3 Å². The first-order valence-electron chi connectivity index (χ1n) is 6.91. The predicted molar refractivity (Wildman–Crippen MR) is 81.5 cm³/mol. The summed E-state index contributed by atoms with van der Waals surface area (Å²) in [7, 11) is 1.37. The Labute approximate surface area is 133 Å². The van der Waals surface area contributed by atoms with Crippen LogP contribution in [-0.4, -0.2) is 51.2 Å². The number of para-hydroxylation sites is 1. The van der Waals surface area contributed by atoms with Crippen molar-refractivity contribution in [2.45, 2.75) is 19.4 Å². The minimum Gasteiger partial charge on any atom is -0.479 e. The molecule has 0 aliphatic carbocycles. The zero-order chi connectivity index (χ0) is 17.0. The highest BCUT2D eigenvalue weighted by Gasteiger charge is 2.36. The van der Waals surface area contributed by atoms with Crippen LogP contribution in [0.1, 0.15) is 23.1 Å². The molecule has 8 heteroatoms. The van der Waals surface area contributed by atoms with Crippen LogP contribution in [0.15, 0.2) is 30.3 Å². The highest BCUT2D eigenvalue weighted by atomic mass is 16.5. The van der Waals surface area contributed by atoms with Gasteiger partial charge in [0.05, 0.1) is 18.0 Å². The van der Waals surface area contributed by atoms with Crippen LogP contribution in [0.25, 0.3) is 5.69 Å². The van der Waals surface area contributed by atoms with Crippen molar-refractivity contribution in [3.05, 3.63) is 41.7 Å². The van der Waals surface area contributed by atoms with Crippen LogP contribution in [0.5, 0.6) is 0 Å². The van der Waals surface area contributed by atoms with E-state index in [0.717, 1.165) is 5.69 Å². The monoisotopic (exact) mass is 318 g/mol. The van der Waals surface area contributed by atoms with E-state index in [1.165, 1.54) is 18.7 Å². The first kappa shape index (κ1) is 16.6. The maximum absolute atomic E-state index is 12.4. The minimum absolute atomic E-state index is 0.0671. The van der Waals surface area contributed by atoms with Crippen molar-refractivity contribution in [3.8, 4) is 5.69 Å². The number of carboxylic acids is 1. The van der Waals surface area contributed by atoms with Gasteiger partial charge >= 0.3 is 5.97 Å². The molecule has 0 aliphatic rings. The topological polar surface area (TPSA) is 106 Å². The Morgan fingerprint density at radius 1 is 1.35 bits per heavy atom. The summed E-state index contributed by atoms with van der Waals surface area (Å²) in [6.45, 7) is 2.89. The van der Waals surface area contributed by atoms with E-state index in [1.807, 2.05) is 30.3 Å². The van der Waals surface area contributed by atoms with Crippen LogP contribution < -0.4 is 5.32 Å². The quantitative estimate of drug-likeness (QED) is 0.816. The maximum atomic E-state index is 12.4.